The molecular formula is C16H20O8. The molecule has 8 heteroatoms. The molecule has 0 bridgehead atoms. The van der Waals surface area contributed by atoms with Crippen molar-refractivity contribution in [2.75, 3.05) is 26.4 Å². The fourth-order valence-corrected chi connectivity index (χ4v) is 1.17. The molecule has 0 rings (SSSR count). The third-order valence-corrected chi connectivity index (χ3v) is 2.10. The van der Waals surface area contributed by atoms with Gasteiger partial charge < -0.3 is 18.9 Å². The number of esters is 4. The van der Waals surface area contributed by atoms with E-state index in [1.807, 2.05) is 0 Å². The number of hydrogen-bond acceptors (Lipinski definition) is 8. The van der Waals surface area contributed by atoms with Crippen LogP contribution < -0.4 is 0 Å². The van der Waals surface area contributed by atoms with Crippen LogP contribution in [-0.2, 0) is 38.1 Å². The molecule has 24 heavy (non-hydrogen) atoms. The van der Waals surface area contributed by atoms with Gasteiger partial charge in [-0.05, 0) is 13.8 Å². The highest BCUT2D eigenvalue weighted by atomic mass is 16.6. The lowest BCUT2D eigenvalue weighted by molar-refractivity contribution is -0.147. The number of carbonyl (C=O) groups is 4. The summed E-state index contributed by atoms with van der Waals surface area (Å²) < 4.78 is 18.8. The molecule has 0 aliphatic heterocycles. The maximum Gasteiger partial charge on any atom is 0.331 e. The fraction of sp³-hybridized carbons (Fsp3) is 0.375. The van der Waals surface area contributed by atoms with Crippen LogP contribution in [0.15, 0.2) is 36.5 Å². The normalized spacial score (nSPS) is 10.9. The zero-order valence-corrected chi connectivity index (χ0v) is 13.6. The van der Waals surface area contributed by atoms with Gasteiger partial charge in [0.15, 0.2) is 0 Å². The van der Waals surface area contributed by atoms with E-state index in [2.05, 4.69) is 0 Å². The van der Waals surface area contributed by atoms with Crippen LogP contribution in [-0.4, -0.2) is 50.3 Å². The summed E-state index contributed by atoms with van der Waals surface area (Å²) in [6, 6.07) is 0. The van der Waals surface area contributed by atoms with Crippen LogP contribution in [0.5, 0.6) is 0 Å². The first-order valence-electron chi connectivity index (χ1n) is 7.10. The van der Waals surface area contributed by atoms with Gasteiger partial charge in [0.1, 0.15) is 26.4 Å². The topological polar surface area (TPSA) is 105 Å². The second-order valence-corrected chi connectivity index (χ2v) is 4.00. The van der Waals surface area contributed by atoms with Gasteiger partial charge in [-0.2, -0.15) is 0 Å². The van der Waals surface area contributed by atoms with Crippen molar-refractivity contribution >= 4 is 23.9 Å². The molecule has 0 amide bonds. The lowest BCUT2D eigenvalue weighted by Crippen LogP contribution is -2.13. The first-order valence-corrected chi connectivity index (χ1v) is 7.10. The van der Waals surface area contributed by atoms with Crippen LogP contribution in [0.25, 0.3) is 0 Å². The van der Waals surface area contributed by atoms with Gasteiger partial charge in [-0.15, -0.1) is 0 Å². The van der Waals surface area contributed by atoms with Crippen molar-refractivity contribution in [3.63, 3.8) is 0 Å². The Balaban J connectivity index is 3.79. The number of allylic oxidation sites excluding steroid dienone is 2. The summed E-state index contributed by atoms with van der Waals surface area (Å²) in [5.74, 6) is -2.65. The van der Waals surface area contributed by atoms with Crippen LogP contribution >= 0.6 is 0 Å². The number of carbonyl (C=O) groups excluding carboxylic acids is 4. The number of rotatable bonds is 10. The van der Waals surface area contributed by atoms with Gasteiger partial charge in [-0.3, -0.25) is 0 Å². The Hall–Kier alpha value is -2.90. The Labute approximate surface area is 139 Å². The standard InChI is InChI=1S/C16H20O8/c1-3-5-13(17)21-9-11-23-15(19)7-8-16(20)24-12-10-22-14(18)6-4-2/h3-8H,9-12H2,1-2H3/b5-3+,6-4+,8-7-. The van der Waals surface area contributed by atoms with Crippen molar-refractivity contribution in [2.45, 2.75) is 13.8 Å². The Morgan fingerprint density at radius 3 is 1.04 bits per heavy atom. The molecule has 0 aliphatic rings. The van der Waals surface area contributed by atoms with Crippen LogP contribution in [0.1, 0.15) is 13.8 Å². The molecule has 0 unspecified atom stereocenters. The summed E-state index contributed by atoms with van der Waals surface area (Å²) >= 11 is 0. The first kappa shape index (κ1) is 21.1. The van der Waals surface area contributed by atoms with Crippen LogP contribution in [0.3, 0.4) is 0 Å². The molecule has 0 saturated carbocycles. The molecule has 0 spiro atoms. The van der Waals surface area contributed by atoms with E-state index in [-0.39, 0.29) is 26.4 Å². The third-order valence-electron chi connectivity index (χ3n) is 2.10. The highest BCUT2D eigenvalue weighted by Crippen LogP contribution is 1.89. The van der Waals surface area contributed by atoms with Crippen LogP contribution in [0.4, 0.5) is 0 Å². The minimum absolute atomic E-state index is 0.0925. The molecule has 0 aliphatic carbocycles. The molecule has 0 heterocycles. The summed E-state index contributed by atoms with van der Waals surface area (Å²) in [4.78, 5) is 44.4. The Morgan fingerprint density at radius 2 is 0.792 bits per heavy atom. The van der Waals surface area contributed by atoms with Gasteiger partial charge in [0.2, 0.25) is 0 Å². The predicted octanol–water partition coefficient (Wildman–Crippen LogP) is 0.868. The molecule has 132 valence electrons. The molecule has 0 saturated heterocycles. The summed E-state index contributed by atoms with van der Waals surface area (Å²) in [5.41, 5.74) is 0. The second kappa shape index (κ2) is 13.7. The molecule has 0 aromatic rings. The molecule has 0 atom stereocenters. The first-order chi connectivity index (χ1) is 11.5. The molecule has 8 nitrogen and oxygen atoms in total. The van der Waals surface area contributed by atoms with E-state index in [1.165, 1.54) is 24.3 Å². The quantitative estimate of drug-likeness (QED) is 0.250. The average molecular weight is 340 g/mol. The van der Waals surface area contributed by atoms with Gasteiger partial charge in [-0.1, -0.05) is 12.2 Å². The summed E-state index contributed by atoms with van der Waals surface area (Å²) in [5, 5.41) is 0. The van der Waals surface area contributed by atoms with Gasteiger partial charge in [0, 0.05) is 24.3 Å². The molecular weight excluding hydrogens is 320 g/mol. The summed E-state index contributed by atoms with van der Waals surface area (Å²) in [6.45, 7) is 2.87. The van der Waals surface area contributed by atoms with Gasteiger partial charge in [0.25, 0.3) is 0 Å². The molecule has 0 aromatic heterocycles. The van der Waals surface area contributed by atoms with E-state index < -0.39 is 23.9 Å². The van der Waals surface area contributed by atoms with Crippen LogP contribution in [0.2, 0.25) is 0 Å². The van der Waals surface area contributed by atoms with Crippen molar-refractivity contribution in [3.8, 4) is 0 Å². The monoisotopic (exact) mass is 340 g/mol. The zero-order valence-electron chi connectivity index (χ0n) is 13.6. The van der Waals surface area contributed by atoms with Gasteiger partial charge in [0.05, 0.1) is 0 Å². The van der Waals surface area contributed by atoms with Crippen LogP contribution in [0, 0.1) is 0 Å². The fourth-order valence-electron chi connectivity index (χ4n) is 1.17. The molecule has 0 N–H and O–H groups in total. The van der Waals surface area contributed by atoms with E-state index in [4.69, 9.17) is 18.9 Å². The number of ether oxygens (including phenoxy) is 4. The average Bonchev–Trinajstić information content (AvgIpc) is 2.54. The second-order valence-electron chi connectivity index (χ2n) is 4.00. The molecule has 0 aromatic carbocycles. The summed E-state index contributed by atoms with van der Waals surface area (Å²) in [6.07, 6.45) is 7.25. The number of hydrogen-bond donors (Lipinski definition) is 0. The van der Waals surface area contributed by atoms with Crippen molar-refractivity contribution < 1.29 is 38.1 Å². The highest BCUT2D eigenvalue weighted by Gasteiger charge is 2.03. The third kappa shape index (κ3) is 12.8. The Morgan fingerprint density at radius 1 is 0.542 bits per heavy atom. The summed E-state index contributed by atoms with van der Waals surface area (Å²) in [7, 11) is 0. The largest absolute Gasteiger partial charge is 0.459 e. The van der Waals surface area contributed by atoms with Crippen molar-refractivity contribution in [2.24, 2.45) is 0 Å². The minimum Gasteiger partial charge on any atom is -0.459 e. The van der Waals surface area contributed by atoms with E-state index in [1.54, 1.807) is 13.8 Å². The molecule has 0 radical (unpaired) electrons. The smallest absolute Gasteiger partial charge is 0.331 e. The maximum absolute atomic E-state index is 11.3. The molecule has 0 fully saturated rings. The lowest BCUT2D eigenvalue weighted by Gasteiger charge is -2.03. The van der Waals surface area contributed by atoms with Crippen molar-refractivity contribution in [1.29, 1.82) is 0 Å². The highest BCUT2D eigenvalue weighted by molar-refractivity contribution is 5.91. The predicted molar refractivity (Wildman–Crippen MR) is 82.6 cm³/mol. The van der Waals surface area contributed by atoms with Crippen molar-refractivity contribution in [3.05, 3.63) is 36.5 Å². The van der Waals surface area contributed by atoms with Gasteiger partial charge >= 0.3 is 23.9 Å². The van der Waals surface area contributed by atoms with E-state index in [0.717, 1.165) is 12.2 Å². The SMILES string of the molecule is C/C=C/C(=O)OCCOC(=O)/C=C\C(=O)OCCOC(=O)/C=C/C. The van der Waals surface area contributed by atoms with E-state index in [0.29, 0.717) is 0 Å². The zero-order chi connectivity index (χ0) is 18.2. The van der Waals surface area contributed by atoms with Gasteiger partial charge in [-0.25, -0.2) is 19.2 Å². The maximum atomic E-state index is 11.3. The van der Waals surface area contributed by atoms with Crippen molar-refractivity contribution in [1.82, 2.24) is 0 Å². The lowest BCUT2D eigenvalue weighted by atomic mass is 10.5. The Bertz CT molecular complexity index is 470. The minimum atomic E-state index is -0.784. The Kier molecular flexibility index (Phi) is 12.1. The van der Waals surface area contributed by atoms with E-state index in [9.17, 15) is 19.2 Å². The van der Waals surface area contributed by atoms with E-state index >= 15 is 0 Å².